The van der Waals surface area contributed by atoms with E-state index in [0.29, 0.717) is 57.8 Å². The second-order valence-corrected chi connectivity index (χ2v) is 10.8. The minimum Gasteiger partial charge on any atom is -0.443 e. The van der Waals surface area contributed by atoms with Crippen LogP contribution < -0.4 is 4.90 Å². The number of hydrogen-bond donors (Lipinski definition) is 0. The molecule has 0 unspecified atom stereocenters. The number of aromatic nitrogens is 4. The lowest BCUT2D eigenvalue weighted by Crippen LogP contribution is -2.27. The van der Waals surface area contributed by atoms with E-state index >= 15 is 0 Å². The van der Waals surface area contributed by atoms with Gasteiger partial charge in [0.25, 0.3) is 0 Å². The highest BCUT2D eigenvalue weighted by atomic mass is 19.1. The molecule has 0 saturated carbocycles. The van der Waals surface area contributed by atoms with Gasteiger partial charge >= 0.3 is 6.09 Å². The first kappa shape index (κ1) is 25.5. The van der Waals surface area contributed by atoms with E-state index in [4.69, 9.17) is 16.3 Å². The van der Waals surface area contributed by atoms with Crippen molar-refractivity contribution < 1.29 is 18.3 Å². The summed E-state index contributed by atoms with van der Waals surface area (Å²) in [5.74, 6) is -0.346. The maximum atomic E-state index is 14.7. The predicted molar refractivity (Wildman–Crippen MR) is 147 cm³/mol. The summed E-state index contributed by atoms with van der Waals surface area (Å²) in [5.41, 5.74) is 2.19. The van der Waals surface area contributed by atoms with E-state index in [1.807, 2.05) is 11.0 Å². The highest BCUT2D eigenvalue weighted by molar-refractivity contribution is 5.99. The van der Waals surface area contributed by atoms with E-state index in [0.717, 1.165) is 18.6 Å². The van der Waals surface area contributed by atoms with E-state index in [9.17, 15) is 13.6 Å². The van der Waals surface area contributed by atoms with Gasteiger partial charge in [0.05, 0.1) is 35.6 Å². The fraction of sp³-hybridized carbons (Fsp3) is 0.267. The Morgan fingerprint density at radius 2 is 1.95 bits per heavy atom. The van der Waals surface area contributed by atoms with E-state index in [1.54, 1.807) is 61.9 Å². The summed E-state index contributed by atoms with van der Waals surface area (Å²) in [5, 5.41) is 5.16. The number of hydrogen-bond acceptors (Lipinski definition) is 5. The summed E-state index contributed by atoms with van der Waals surface area (Å²) in [6, 6.07) is 11.9. The number of fused-ring (bicyclic) bond motifs is 2. The zero-order chi connectivity index (χ0) is 28.2. The quantitative estimate of drug-likeness (QED) is 0.225. The van der Waals surface area contributed by atoms with Crippen molar-refractivity contribution in [3.8, 4) is 11.3 Å². The zero-order valence-electron chi connectivity index (χ0n) is 22.2. The van der Waals surface area contributed by atoms with Gasteiger partial charge in [-0.3, -0.25) is 0 Å². The molecule has 1 saturated heterocycles. The predicted octanol–water partition coefficient (Wildman–Crippen LogP) is 7.30. The van der Waals surface area contributed by atoms with Crippen LogP contribution in [0.1, 0.15) is 45.2 Å². The Morgan fingerprint density at radius 3 is 2.73 bits per heavy atom. The highest BCUT2D eigenvalue weighted by Crippen LogP contribution is 2.38. The lowest BCUT2D eigenvalue weighted by molar-refractivity contribution is 0.0547. The number of nitrogens with zero attached hydrogens (tertiary/aromatic N) is 6. The molecule has 40 heavy (non-hydrogen) atoms. The highest BCUT2D eigenvalue weighted by Gasteiger charge is 2.31. The van der Waals surface area contributed by atoms with Gasteiger partial charge in [0.1, 0.15) is 23.1 Å². The van der Waals surface area contributed by atoms with Gasteiger partial charge in [0, 0.05) is 18.3 Å². The van der Waals surface area contributed by atoms with E-state index in [2.05, 4.69) is 9.94 Å². The van der Waals surface area contributed by atoms with Gasteiger partial charge in [-0.2, -0.15) is 5.10 Å². The topological polar surface area (TPSA) is 69.0 Å². The zero-order valence-corrected chi connectivity index (χ0v) is 22.2. The third-order valence-electron chi connectivity index (χ3n) is 6.98. The third-order valence-corrected chi connectivity index (χ3v) is 6.98. The molecule has 4 heterocycles. The molecule has 0 amide bonds. The van der Waals surface area contributed by atoms with Crippen LogP contribution in [-0.2, 0) is 4.74 Å². The Hall–Kier alpha value is -4.78. The number of carbonyl (C=O) groups is 1. The number of carbonyl (C=O) groups excluding carboxylic acids is 1. The average molecular weight is 541 g/mol. The molecule has 0 aliphatic carbocycles. The van der Waals surface area contributed by atoms with Crippen molar-refractivity contribution in [3.05, 3.63) is 89.5 Å². The lowest BCUT2D eigenvalue weighted by Gasteiger charge is -2.26. The van der Waals surface area contributed by atoms with Crippen LogP contribution in [0.25, 0.3) is 32.7 Å². The second-order valence-electron chi connectivity index (χ2n) is 10.8. The summed E-state index contributed by atoms with van der Waals surface area (Å²) in [6.45, 7) is 13.4. The molecule has 0 N–H and O–H groups in total. The Labute approximate surface area is 229 Å². The second kappa shape index (κ2) is 9.45. The summed E-state index contributed by atoms with van der Waals surface area (Å²) in [6.07, 6.45) is 4.29. The molecular weight excluding hydrogens is 514 g/mol. The molecule has 1 aliphatic heterocycles. The molecule has 1 fully saturated rings. The van der Waals surface area contributed by atoms with Gasteiger partial charge in [0.15, 0.2) is 11.3 Å². The molecule has 10 heteroatoms. The molecular formula is C30H26F2N6O2. The molecule has 3 aromatic heterocycles. The van der Waals surface area contributed by atoms with E-state index in [-0.39, 0.29) is 6.04 Å². The number of ether oxygens (including phenoxy) is 1. The van der Waals surface area contributed by atoms with Gasteiger partial charge in [-0.1, -0.05) is 6.07 Å². The molecule has 8 nitrogen and oxygen atoms in total. The standard InChI is InChI=1S/C30H26F2N6O2/c1-30(2,3)40-29(39)38-24-10-8-20(33-4)14-18(24)15-26(38)22-17-34-37-13-11-27(35-28(22)37)36-12-5-6-25(36)21-16-19(31)7-9-23(21)32/h7-11,13-17,25H,5-6,12H2,1-3H3/t25-/m1/s1. The van der Waals surface area contributed by atoms with Gasteiger partial charge in [-0.25, -0.2) is 32.5 Å². The van der Waals surface area contributed by atoms with Gasteiger partial charge in [-0.15, -0.1) is 0 Å². The van der Waals surface area contributed by atoms with Crippen LogP contribution in [-0.4, -0.2) is 37.4 Å². The van der Waals surface area contributed by atoms with Crippen LogP contribution in [0.3, 0.4) is 0 Å². The van der Waals surface area contributed by atoms with E-state index in [1.165, 1.54) is 10.6 Å². The van der Waals surface area contributed by atoms with E-state index < -0.39 is 23.3 Å². The maximum Gasteiger partial charge on any atom is 0.419 e. The van der Waals surface area contributed by atoms with Crippen LogP contribution >= 0.6 is 0 Å². The number of halogens is 2. The van der Waals surface area contributed by atoms with Crippen LogP contribution in [0, 0.1) is 18.2 Å². The van der Waals surface area contributed by atoms with Crippen LogP contribution in [0.4, 0.5) is 25.1 Å². The molecule has 0 spiro atoms. The van der Waals surface area contributed by atoms with Crippen LogP contribution in [0.5, 0.6) is 0 Å². The van der Waals surface area contributed by atoms with Gasteiger partial charge in [-0.05, 0) is 81.5 Å². The average Bonchev–Trinajstić information content (AvgIpc) is 3.64. The lowest BCUT2D eigenvalue weighted by atomic mass is 10.0. The summed E-state index contributed by atoms with van der Waals surface area (Å²) in [4.78, 5) is 23.8. The van der Waals surface area contributed by atoms with Gasteiger partial charge < -0.3 is 9.64 Å². The van der Waals surface area contributed by atoms with Crippen molar-refractivity contribution in [3.63, 3.8) is 0 Å². The van der Waals surface area contributed by atoms with Crippen molar-refractivity contribution in [2.75, 3.05) is 11.4 Å². The van der Waals surface area contributed by atoms with Crippen molar-refractivity contribution in [1.82, 2.24) is 19.2 Å². The Balaban J connectivity index is 1.49. The van der Waals surface area contributed by atoms with Crippen molar-refractivity contribution in [2.45, 2.75) is 45.3 Å². The fourth-order valence-corrected chi connectivity index (χ4v) is 5.31. The number of benzene rings is 2. The maximum absolute atomic E-state index is 14.7. The third kappa shape index (κ3) is 4.43. The first-order chi connectivity index (χ1) is 19.1. The van der Waals surface area contributed by atoms with Crippen molar-refractivity contribution in [2.24, 2.45) is 0 Å². The normalized spacial score (nSPS) is 15.6. The SMILES string of the molecule is [C-]#[N+]c1ccc2c(c1)cc(-c1cnn3ccc(N4CCC[C@@H]4c4cc(F)ccc4F)nc13)n2C(=O)OC(C)(C)C. The van der Waals surface area contributed by atoms with Crippen molar-refractivity contribution in [1.29, 1.82) is 0 Å². The minimum absolute atomic E-state index is 0.300. The molecule has 2 aromatic carbocycles. The molecule has 1 atom stereocenters. The van der Waals surface area contributed by atoms with Crippen LogP contribution in [0.2, 0.25) is 0 Å². The molecule has 0 bridgehead atoms. The molecule has 6 rings (SSSR count). The minimum atomic E-state index is -0.731. The largest absolute Gasteiger partial charge is 0.443 e. The molecule has 202 valence electrons. The molecule has 0 radical (unpaired) electrons. The Kier molecular flexibility index (Phi) is 6.02. The summed E-state index contributed by atoms with van der Waals surface area (Å²) < 4.78 is 37.5. The smallest absolute Gasteiger partial charge is 0.419 e. The molecule has 1 aliphatic rings. The summed E-state index contributed by atoms with van der Waals surface area (Å²) >= 11 is 0. The monoisotopic (exact) mass is 540 g/mol. The Morgan fingerprint density at radius 1 is 1.12 bits per heavy atom. The number of rotatable bonds is 3. The van der Waals surface area contributed by atoms with Crippen molar-refractivity contribution >= 4 is 34.1 Å². The Bertz CT molecular complexity index is 1830. The van der Waals surface area contributed by atoms with Gasteiger partial charge in [0.2, 0.25) is 0 Å². The first-order valence-corrected chi connectivity index (χ1v) is 13.0. The first-order valence-electron chi connectivity index (χ1n) is 13.0. The molecule has 5 aromatic rings. The number of anilines is 1. The summed E-state index contributed by atoms with van der Waals surface area (Å²) in [7, 11) is 0. The van der Waals surface area contributed by atoms with Crippen LogP contribution in [0.15, 0.2) is 60.9 Å². The fourth-order valence-electron chi connectivity index (χ4n) is 5.31.